The number of pyridine rings is 2. The molecule has 1 aromatic carbocycles. The highest BCUT2D eigenvalue weighted by atomic mass is 35.5. The average Bonchev–Trinajstić information content (AvgIpc) is 2.46. The third-order valence-corrected chi connectivity index (χ3v) is 4.08. The summed E-state index contributed by atoms with van der Waals surface area (Å²) in [6, 6.07) is 16.0. The number of hydrogen-bond donors (Lipinski definition) is 0. The van der Waals surface area contributed by atoms with Gasteiger partial charge < -0.3 is 0 Å². The van der Waals surface area contributed by atoms with Gasteiger partial charge in [-0.25, -0.2) is 9.97 Å². The van der Waals surface area contributed by atoms with Gasteiger partial charge >= 0.3 is 0 Å². The third-order valence-electron chi connectivity index (χ3n) is 2.76. The monoisotopic (exact) mass is 286 g/mol. The van der Waals surface area contributed by atoms with Crippen LogP contribution in [0.3, 0.4) is 0 Å². The first kappa shape index (κ1) is 12.5. The summed E-state index contributed by atoms with van der Waals surface area (Å²) in [7, 11) is 0. The lowest BCUT2D eigenvalue weighted by molar-refractivity contribution is 1.13. The van der Waals surface area contributed by atoms with Gasteiger partial charge in [-0.2, -0.15) is 0 Å². The summed E-state index contributed by atoms with van der Waals surface area (Å²) in [5.74, 6) is 0.772. The van der Waals surface area contributed by atoms with Gasteiger partial charge in [0.25, 0.3) is 0 Å². The number of fused-ring (bicyclic) bond motifs is 1. The van der Waals surface area contributed by atoms with Crippen molar-refractivity contribution in [2.75, 3.05) is 0 Å². The standard InChI is InChI=1S/C15H11ClN2S/c16-15-12(10-19-14-7-3-4-8-17-14)9-11-5-1-2-6-13(11)18-15/h1-9H,10H2. The molecule has 0 N–H and O–H groups in total. The number of rotatable bonds is 3. The molecule has 2 nitrogen and oxygen atoms in total. The predicted octanol–water partition coefficient (Wildman–Crippen LogP) is 4.58. The summed E-state index contributed by atoms with van der Waals surface area (Å²) in [5, 5.41) is 2.68. The maximum atomic E-state index is 6.22. The first-order valence-electron chi connectivity index (χ1n) is 5.91. The molecule has 0 unspecified atom stereocenters. The van der Waals surface area contributed by atoms with E-state index in [0.29, 0.717) is 5.15 Å². The van der Waals surface area contributed by atoms with Crippen molar-refractivity contribution in [3.05, 3.63) is 65.4 Å². The zero-order valence-electron chi connectivity index (χ0n) is 10.1. The van der Waals surface area contributed by atoms with E-state index in [1.54, 1.807) is 18.0 Å². The molecule has 0 radical (unpaired) electrons. The van der Waals surface area contributed by atoms with Crippen LogP contribution in [0, 0.1) is 0 Å². The Morgan fingerprint density at radius 3 is 2.74 bits per heavy atom. The molecule has 0 aliphatic heterocycles. The zero-order valence-corrected chi connectivity index (χ0v) is 11.7. The van der Waals surface area contributed by atoms with Gasteiger partial charge in [-0.3, -0.25) is 0 Å². The molecule has 0 saturated carbocycles. The van der Waals surface area contributed by atoms with Gasteiger partial charge in [0, 0.05) is 22.9 Å². The summed E-state index contributed by atoms with van der Waals surface area (Å²) < 4.78 is 0. The summed E-state index contributed by atoms with van der Waals surface area (Å²) in [6.07, 6.45) is 1.79. The van der Waals surface area contributed by atoms with E-state index in [1.807, 2.05) is 42.5 Å². The number of para-hydroxylation sites is 1. The normalized spacial score (nSPS) is 10.8. The van der Waals surface area contributed by atoms with E-state index in [1.165, 1.54) is 0 Å². The first-order chi connectivity index (χ1) is 9.33. The number of benzene rings is 1. The Morgan fingerprint density at radius 2 is 1.89 bits per heavy atom. The highest BCUT2D eigenvalue weighted by Crippen LogP contribution is 2.27. The van der Waals surface area contributed by atoms with Crippen molar-refractivity contribution in [1.82, 2.24) is 9.97 Å². The van der Waals surface area contributed by atoms with Crippen molar-refractivity contribution in [1.29, 1.82) is 0 Å². The number of halogens is 1. The molecule has 19 heavy (non-hydrogen) atoms. The third kappa shape index (κ3) is 2.88. The summed E-state index contributed by atoms with van der Waals surface area (Å²) in [5.41, 5.74) is 1.97. The van der Waals surface area contributed by atoms with Crippen LogP contribution in [-0.4, -0.2) is 9.97 Å². The van der Waals surface area contributed by atoms with Crippen LogP contribution in [0.2, 0.25) is 5.15 Å². The Balaban J connectivity index is 1.86. The Labute approximate surface area is 120 Å². The predicted molar refractivity (Wildman–Crippen MR) is 80.6 cm³/mol. The van der Waals surface area contributed by atoms with Crippen LogP contribution in [-0.2, 0) is 5.75 Å². The molecule has 0 amide bonds. The molecule has 0 atom stereocenters. The molecular formula is C15H11ClN2S. The Bertz CT molecular complexity index is 701. The minimum absolute atomic E-state index is 0.571. The van der Waals surface area contributed by atoms with E-state index in [9.17, 15) is 0 Å². The van der Waals surface area contributed by atoms with Gasteiger partial charge in [-0.05, 0) is 24.3 Å². The lowest BCUT2D eigenvalue weighted by Gasteiger charge is -2.05. The molecule has 0 aliphatic rings. The number of nitrogens with zero attached hydrogens (tertiary/aromatic N) is 2. The van der Waals surface area contributed by atoms with Gasteiger partial charge in [0.1, 0.15) is 5.15 Å². The topological polar surface area (TPSA) is 25.8 Å². The second-order valence-corrected chi connectivity index (χ2v) is 5.44. The highest BCUT2D eigenvalue weighted by molar-refractivity contribution is 7.98. The summed E-state index contributed by atoms with van der Waals surface area (Å²) in [6.45, 7) is 0. The van der Waals surface area contributed by atoms with Crippen molar-refractivity contribution in [2.24, 2.45) is 0 Å². The second kappa shape index (κ2) is 5.59. The fraction of sp³-hybridized carbons (Fsp3) is 0.0667. The quantitative estimate of drug-likeness (QED) is 0.521. The fourth-order valence-corrected chi connectivity index (χ4v) is 2.95. The number of aromatic nitrogens is 2. The van der Waals surface area contributed by atoms with Crippen LogP contribution < -0.4 is 0 Å². The molecule has 0 bridgehead atoms. The van der Waals surface area contributed by atoms with Gasteiger partial charge in [-0.15, -0.1) is 11.8 Å². The van der Waals surface area contributed by atoms with E-state index in [4.69, 9.17) is 11.6 Å². The molecule has 0 saturated heterocycles. The molecular weight excluding hydrogens is 276 g/mol. The minimum atomic E-state index is 0.571. The number of thioether (sulfide) groups is 1. The number of hydrogen-bond acceptors (Lipinski definition) is 3. The van der Waals surface area contributed by atoms with Crippen LogP contribution in [0.5, 0.6) is 0 Å². The van der Waals surface area contributed by atoms with Crippen LogP contribution in [0.1, 0.15) is 5.56 Å². The van der Waals surface area contributed by atoms with Crippen LogP contribution >= 0.6 is 23.4 Å². The van der Waals surface area contributed by atoms with Crippen LogP contribution in [0.15, 0.2) is 59.8 Å². The fourth-order valence-electron chi connectivity index (χ4n) is 1.82. The second-order valence-electron chi connectivity index (χ2n) is 4.09. The molecule has 3 aromatic rings. The van der Waals surface area contributed by atoms with E-state index in [-0.39, 0.29) is 0 Å². The molecule has 0 spiro atoms. The lowest BCUT2D eigenvalue weighted by atomic mass is 10.2. The van der Waals surface area contributed by atoms with Crippen molar-refractivity contribution in [2.45, 2.75) is 10.8 Å². The summed E-state index contributed by atoms with van der Waals surface area (Å²) >= 11 is 7.89. The van der Waals surface area contributed by atoms with Crippen molar-refractivity contribution < 1.29 is 0 Å². The molecule has 2 aromatic heterocycles. The largest absolute Gasteiger partial charge is 0.250 e. The molecule has 3 rings (SSSR count). The maximum absolute atomic E-state index is 6.22. The molecule has 0 fully saturated rings. The minimum Gasteiger partial charge on any atom is -0.250 e. The van der Waals surface area contributed by atoms with Gasteiger partial charge in [0.2, 0.25) is 0 Å². The van der Waals surface area contributed by atoms with Crippen molar-refractivity contribution in [3.8, 4) is 0 Å². The highest BCUT2D eigenvalue weighted by Gasteiger charge is 2.05. The Kier molecular flexibility index (Phi) is 3.67. The average molecular weight is 287 g/mol. The molecule has 2 heterocycles. The van der Waals surface area contributed by atoms with Gasteiger partial charge in [0.05, 0.1) is 10.5 Å². The Hall–Kier alpha value is -1.58. The smallest absolute Gasteiger partial charge is 0.133 e. The lowest BCUT2D eigenvalue weighted by Crippen LogP contribution is -1.89. The molecule has 0 aliphatic carbocycles. The van der Waals surface area contributed by atoms with Gasteiger partial charge in [0.15, 0.2) is 0 Å². The Morgan fingerprint density at radius 1 is 1.05 bits per heavy atom. The first-order valence-corrected chi connectivity index (χ1v) is 7.27. The van der Waals surface area contributed by atoms with E-state index >= 15 is 0 Å². The van der Waals surface area contributed by atoms with E-state index in [2.05, 4.69) is 16.0 Å². The van der Waals surface area contributed by atoms with Crippen molar-refractivity contribution >= 4 is 34.3 Å². The van der Waals surface area contributed by atoms with E-state index < -0.39 is 0 Å². The molecule has 4 heteroatoms. The van der Waals surface area contributed by atoms with Gasteiger partial charge in [-0.1, -0.05) is 35.9 Å². The SMILES string of the molecule is Clc1nc2ccccc2cc1CSc1ccccn1. The molecule has 94 valence electrons. The van der Waals surface area contributed by atoms with Crippen LogP contribution in [0.25, 0.3) is 10.9 Å². The maximum Gasteiger partial charge on any atom is 0.133 e. The zero-order chi connectivity index (χ0) is 13.1. The van der Waals surface area contributed by atoms with Crippen molar-refractivity contribution in [3.63, 3.8) is 0 Å². The van der Waals surface area contributed by atoms with E-state index in [0.717, 1.165) is 27.2 Å². The van der Waals surface area contributed by atoms with Crippen LogP contribution in [0.4, 0.5) is 0 Å². The summed E-state index contributed by atoms with van der Waals surface area (Å²) in [4.78, 5) is 8.70.